The van der Waals surface area contributed by atoms with Crippen LogP contribution in [0.1, 0.15) is 20.7 Å². The topological polar surface area (TPSA) is 72.2 Å². The van der Waals surface area contributed by atoms with E-state index >= 15 is 0 Å². The monoisotopic (exact) mass is 336 g/mol. The van der Waals surface area contributed by atoms with Crippen molar-refractivity contribution in [1.82, 2.24) is 0 Å². The minimum absolute atomic E-state index is 0.190. The van der Waals surface area contributed by atoms with E-state index in [0.717, 1.165) is 0 Å². The average molecular weight is 337 g/mol. The van der Waals surface area contributed by atoms with Gasteiger partial charge in [-0.05, 0) is 42.5 Å². The van der Waals surface area contributed by atoms with Crippen molar-refractivity contribution in [2.75, 3.05) is 5.32 Å². The average Bonchev–Trinajstić information content (AvgIpc) is 2.41. The highest BCUT2D eigenvalue weighted by molar-refractivity contribution is 9.10. The number of primary amides is 1. The molecule has 0 aliphatic heterocycles. The molecule has 4 nitrogen and oxygen atoms in total. The zero-order valence-corrected chi connectivity index (χ0v) is 11.8. The molecule has 0 bridgehead atoms. The predicted octanol–water partition coefficient (Wildman–Crippen LogP) is 2.94. The first-order valence-electron chi connectivity index (χ1n) is 5.63. The fourth-order valence-electron chi connectivity index (χ4n) is 1.63. The van der Waals surface area contributed by atoms with E-state index in [1.54, 1.807) is 12.1 Å². The van der Waals surface area contributed by atoms with Gasteiger partial charge in [0.1, 0.15) is 5.82 Å². The summed E-state index contributed by atoms with van der Waals surface area (Å²) in [4.78, 5) is 23.3. The van der Waals surface area contributed by atoms with Crippen LogP contribution in [0.15, 0.2) is 46.9 Å². The fourth-order valence-corrected chi connectivity index (χ4v) is 1.99. The number of nitrogens with two attached hydrogens (primary N) is 1. The second-order valence-electron chi connectivity index (χ2n) is 4.02. The fraction of sp³-hybridized carbons (Fsp3) is 0. The smallest absolute Gasteiger partial charge is 0.255 e. The Kier molecular flexibility index (Phi) is 4.14. The van der Waals surface area contributed by atoms with E-state index in [9.17, 15) is 14.0 Å². The van der Waals surface area contributed by atoms with E-state index in [1.807, 2.05) is 0 Å². The number of nitrogens with one attached hydrogen (secondary N) is 1. The SMILES string of the molecule is NC(=O)c1cc(Br)ccc1NC(=O)c1ccc(F)cc1. The Morgan fingerprint density at radius 1 is 1.10 bits per heavy atom. The van der Waals surface area contributed by atoms with E-state index in [0.29, 0.717) is 10.2 Å². The van der Waals surface area contributed by atoms with Gasteiger partial charge in [0.25, 0.3) is 11.8 Å². The van der Waals surface area contributed by atoms with Crippen LogP contribution in [-0.2, 0) is 0 Å². The quantitative estimate of drug-likeness (QED) is 0.904. The van der Waals surface area contributed by atoms with E-state index in [2.05, 4.69) is 21.2 Å². The highest BCUT2D eigenvalue weighted by atomic mass is 79.9. The third-order valence-corrected chi connectivity index (χ3v) is 3.09. The molecule has 2 aromatic rings. The summed E-state index contributed by atoms with van der Waals surface area (Å²) < 4.78 is 13.5. The minimum atomic E-state index is -0.652. The Labute approximate surface area is 122 Å². The Morgan fingerprint density at radius 3 is 2.35 bits per heavy atom. The number of carbonyl (C=O) groups excluding carboxylic acids is 2. The van der Waals surface area contributed by atoms with E-state index in [-0.39, 0.29) is 11.1 Å². The molecular formula is C14H10BrFN2O2. The Bertz CT molecular complexity index is 671. The molecule has 0 spiro atoms. The van der Waals surface area contributed by atoms with Crippen LogP contribution in [0.4, 0.5) is 10.1 Å². The van der Waals surface area contributed by atoms with Crippen LogP contribution in [-0.4, -0.2) is 11.8 Å². The molecule has 3 N–H and O–H groups in total. The molecule has 2 rings (SSSR count). The van der Waals surface area contributed by atoms with Gasteiger partial charge in [0, 0.05) is 10.0 Å². The first kappa shape index (κ1) is 14.2. The van der Waals surface area contributed by atoms with Crippen LogP contribution in [0.25, 0.3) is 0 Å². The van der Waals surface area contributed by atoms with Crippen LogP contribution in [0.3, 0.4) is 0 Å². The number of hydrogen-bond acceptors (Lipinski definition) is 2. The van der Waals surface area contributed by atoms with Gasteiger partial charge in [0.15, 0.2) is 0 Å². The molecule has 0 aromatic heterocycles. The largest absolute Gasteiger partial charge is 0.366 e. The third-order valence-electron chi connectivity index (χ3n) is 2.60. The Morgan fingerprint density at radius 2 is 1.75 bits per heavy atom. The van der Waals surface area contributed by atoms with Crippen molar-refractivity contribution in [3.63, 3.8) is 0 Å². The van der Waals surface area contributed by atoms with Gasteiger partial charge in [-0.25, -0.2) is 4.39 Å². The van der Waals surface area contributed by atoms with Crippen LogP contribution in [0.2, 0.25) is 0 Å². The predicted molar refractivity (Wildman–Crippen MR) is 77.0 cm³/mol. The summed E-state index contributed by atoms with van der Waals surface area (Å²) in [5.74, 6) is -1.53. The summed E-state index contributed by atoms with van der Waals surface area (Å²) in [6.45, 7) is 0. The lowest BCUT2D eigenvalue weighted by atomic mass is 10.1. The lowest BCUT2D eigenvalue weighted by molar-refractivity contribution is 0.100. The molecule has 0 radical (unpaired) electrons. The zero-order chi connectivity index (χ0) is 14.7. The van der Waals surface area contributed by atoms with E-state index in [1.165, 1.54) is 30.3 Å². The standard InChI is InChI=1S/C14H10BrFN2O2/c15-9-3-6-12(11(7-9)13(17)19)18-14(20)8-1-4-10(16)5-2-8/h1-7H,(H2,17,19)(H,18,20). The lowest BCUT2D eigenvalue weighted by Crippen LogP contribution is -2.18. The summed E-state index contributed by atoms with van der Waals surface area (Å²) in [5.41, 5.74) is 6.03. The Balaban J connectivity index is 2.28. The Hall–Kier alpha value is -2.21. The van der Waals surface area contributed by atoms with Crippen LogP contribution >= 0.6 is 15.9 Å². The number of halogens is 2. The second-order valence-corrected chi connectivity index (χ2v) is 4.93. The maximum atomic E-state index is 12.8. The highest BCUT2D eigenvalue weighted by Gasteiger charge is 2.12. The van der Waals surface area contributed by atoms with Gasteiger partial charge in [-0.2, -0.15) is 0 Å². The molecule has 0 atom stereocenters. The molecule has 2 aromatic carbocycles. The molecule has 20 heavy (non-hydrogen) atoms. The first-order chi connectivity index (χ1) is 9.47. The van der Waals surface area contributed by atoms with Gasteiger partial charge in [-0.1, -0.05) is 15.9 Å². The van der Waals surface area contributed by atoms with Crippen LogP contribution in [0, 0.1) is 5.82 Å². The zero-order valence-electron chi connectivity index (χ0n) is 10.2. The maximum absolute atomic E-state index is 12.8. The maximum Gasteiger partial charge on any atom is 0.255 e. The van der Waals surface area contributed by atoms with Crippen molar-refractivity contribution < 1.29 is 14.0 Å². The summed E-state index contributed by atoms with van der Waals surface area (Å²) in [5, 5.41) is 2.57. The minimum Gasteiger partial charge on any atom is -0.366 e. The number of amides is 2. The van der Waals surface area contributed by atoms with Crippen molar-refractivity contribution in [2.24, 2.45) is 5.73 Å². The molecule has 0 unspecified atom stereocenters. The molecule has 0 saturated heterocycles. The number of anilines is 1. The molecule has 0 aliphatic carbocycles. The first-order valence-corrected chi connectivity index (χ1v) is 6.43. The van der Waals surface area contributed by atoms with Gasteiger partial charge >= 0.3 is 0 Å². The molecular weight excluding hydrogens is 327 g/mol. The third kappa shape index (κ3) is 3.21. The van der Waals surface area contributed by atoms with Crippen LogP contribution < -0.4 is 11.1 Å². The van der Waals surface area contributed by atoms with Crippen molar-refractivity contribution in [1.29, 1.82) is 0 Å². The summed E-state index contributed by atoms with van der Waals surface area (Å²) >= 11 is 3.22. The van der Waals surface area contributed by atoms with Crippen molar-refractivity contribution in [3.05, 3.63) is 63.9 Å². The number of hydrogen-bond donors (Lipinski definition) is 2. The van der Waals surface area contributed by atoms with Gasteiger partial charge < -0.3 is 11.1 Å². The van der Waals surface area contributed by atoms with Crippen molar-refractivity contribution >= 4 is 33.4 Å². The summed E-state index contributed by atoms with van der Waals surface area (Å²) in [7, 11) is 0. The molecule has 0 saturated carbocycles. The molecule has 0 fully saturated rings. The molecule has 0 aliphatic rings. The van der Waals surface area contributed by atoms with E-state index in [4.69, 9.17) is 5.73 Å². The second kappa shape index (κ2) is 5.83. The van der Waals surface area contributed by atoms with Gasteiger partial charge in [0.2, 0.25) is 0 Å². The van der Waals surface area contributed by atoms with E-state index < -0.39 is 17.6 Å². The van der Waals surface area contributed by atoms with Gasteiger partial charge in [-0.15, -0.1) is 0 Å². The van der Waals surface area contributed by atoms with Gasteiger partial charge in [-0.3, -0.25) is 9.59 Å². The summed E-state index contributed by atoms with van der Waals surface area (Å²) in [6, 6.07) is 9.83. The molecule has 0 heterocycles. The lowest BCUT2D eigenvalue weighted by Gasteiger charge is -2.09. The number of benzene rings is 2. The number of carbonyl (C=O) groups is 2. The van der Waals surface area contributed by atoms with Crippen molar-refractivity contribution in [3.8, 4) is 0 Å². The summed E-state index contributed by atoms with van der Waals surface area (Å²) in [6.07, 6.45) is 0. The van der Waals surface area contributed by atoms with Crippen molar-refractivity contribution in [2.45, 2.75) is 0 Å². The van der Waals surface area contributed by atoms with Gasteiger partial charge in [0.05, 0.1) is 11.3 Å². The molecule has 2 amide bonds. The number of rotatable bonds is 3. The van der Waals surface area contributed by atoms with Crippen LogP contribution in [0.5, 0.6) is 0 Å². The normalized spacial score (nSPS) is 10.1. The highest BCUT2D eigenvalue weighted by Crippen LogP contribution is 2.21. The molecule has 6 heteroatoms. The molecule has 102 valence electrons.